The topological polar surface area (TPSA) is 58.4 Å². The monoisotopic (exact) mass is 307 g/mol. The molecular weight excluding hydrogens is 286 g/mol. The van der Waals surface area contributed by atoms with Gasteiger partial charge in [-0.2, -0.15) is 0 Å². The summed E-state index contributed by atoms with van der Waals surface area (Å²) in [6.07, 6.45) is 3.99. The Kier molecular flexibility index (Phi) is 4.09. The van der Waals surface area contributed by atoms with Gasteiger partial charge in [0, 0.05) is 18.8 Å². The molecular formula is C16H22ClN3O. The third-order valence-corrected chi connectivity index (χ3v) is 5.25. The number of nitrogens with two attached hydrogens (primary N) is 1. The Balaban J connectivity index is 1.62. The van der Waals surface area contributed by atoms with Gasteiger partial charge in [0.25, 0.3) is 0 Å². The molecule has 5 heteroatoms. The zero-order valence-corrected chi connectivity index (χ0v) is 13.1. The number of benzene rings is 1. The second kappa shape index (κ2) is 5.85. The van der Waals surface area contributed by atoms with Gasteiger partial charge in [-0.15, -0.1) is 0 Å². The van der Waals surface area contributed by atoms with Crippen LogP contribution >= 0.6 is 11.6 Å². The number of amides is 1. The molecule has 1 saturated carbocycles. The number of halogens is 1. The lowest BCUT2D eigenvalue weighted by molar-refractivity contribution is -0.120. The van der Waals surface area contributed by atoms with Gasteiger partial charge in [0.1, 0.15) is 0 Å². The minimum atomic E-state index is -0.121. The first-order chi connectivity index (χ1) is 10.0. The molecule has 4 nitrogen and oxygen atoms in total. The first kappa shape index (κ1) is 14.7. The largest absolute Gasteiger partial charge is 0.399 e. The molecule has 0 bridgehead atoms. The molecule has 2 fully saturated rings. The number of likely N-dealkylation sites (tertiary alicyclic amines) is 1. The van der Waals surface area contributed by atoms with Crippen molar-refractivity contribution in [2.24, 2.45) is 11.8 Å². The van der Waals surface area contributed by atoms with Crippen LogP contribution in [0.5, 0.6) is 0 Å². The predicted molar refractivity (Wildman–Crippen MR) is 86.4 cm³/mol. The van der Waals surface area contributed by atoms with Crippen molar-refractivity contribution in [2.75, 3.05) is 24.1 Å². The van der Waals surface area contributed by atoms with E-state index in [9.17, 15) is 4.79 Å². The van der Waals surface area contributed by atoms with E-state index in [-0.39, 0.29) is 11.9 Å². The molecule has 0 spiro atoms. The third-order valence-electron chi connectivity index (χ3n) is 4.93. The third kappa shape index (κ3) is 3.01. The van der Waals surface area contributed by atoms with E-state index < -0.39 is 0 Å². The maximum atomic E-state index is 12.4. The zero-order chi connectivity index (χ0) is 15.0. The van der Waals surface area contributed by atoms with E-state index in [4.69, 9.17) is 17.3 Å². The van der Waals surface area contributed by atoms with Crippen LogP contribution in [0.4, 0.5) is 11.4 Å². The van der Waals surface area contributed by atoms with E-state index in [1.807, 2.05) is 6.92 Å². The van der Waals surface area contributed by atoms with Gasteiger partial charge in [0.05, 0.1) is 16.8 Å². The lowest BCUT2D eigenvalue weighted by Gasteiger charge is -2.24. The van der Waals surface area contributed by atoms with E-state index in [1.165, 1.54) is 19.3 Å². The molecule has 1 aliphatic carbocycles. The van der Waals surface area contributed by atoms with Crippen LogP contribution in [-0.2, 0) is 4.79 Å². The molecule has 2 aliphatic rings. The highest BCUT2D eigenvalue weighted by atomic mass is 35.5. The summed E-state index contributed by atoms with van der Waals surface area (Å²) in [5.41, 5.74) is 6.89. The van der Waals surface area contributed by atoms with Gasteiger partial charge in [-0.25, -0.2) is 0 Å². The van der Waals surface area contributed by atoms with Crippen molar-refractivity contribution in [2.45, 2.75) is 32.2 Å². The molecule has 0 radical (unpaired) electrons. The zero-order valence-electron chi connectivity index (χ0n) is 12.3. The molecule has 0 aromatic heterocycles. The van der Waals surface area contributed by atoms with Crippen molar-refractivity contribution in [1.82, 2.24) is 4.90 Å². The number of fused-ring (bicyclic) bond motifs is 1. The number of rotatable bonds is 3. The van der Waals surface area contributed by atoms with Gasteiger partial charge in [-0.05, 0) is 49.8 Å². The lowest BCUT2D eigenvalue weighted by atomic mass is 10.0. The summed E-state index contributed by atoms with van der Waals surface area (Å²) in [5, 5.41) is 3.39. The molecule has 1 aliphatic heterocycles. The van der Waals surface area contributed by atoms with Crippen LogP contribution in [0.2, 0.25) is 5.02 Å². The highest BCUT2D eigenvalue weighted by molar-refractivity contribution is 6.34. The minimum absolute atomic E-state index is 0.00152. The number of carbonyl (C=O) groups excluding carboxylic acids is 1. The Morgan fingerprint density at radius 2 is 2.05 bits per heavy atom. The summed E-state index contributed by atoms with van der Waals surface area (Å²) < 4.78 is 0. The van der Waals surface area contributed by atoms with Crippen LogP contribution in [0.3, 0.4) is 0 Å². The smallest absolute Gasteiger partial charge is 0.241 e. The van der Waals surface area contributed by atoms with E-state index in [2.05, 4.69) is 10.2 Å². The first-order valence-corrected chi connectivity index (χ1v) is 8.02. The average molecular weight is 308 g/mol. The Morgan fingerprint density at radius 3 is 2.67 bits per heavy atom. The van der Waals surface area contributed by atoms with Crippen LogP contribution in [0.15, 0.2) is 18.2 Å². The van der Waals surface area contributed by atoms with Crippen molar-refractivity contribution in [3.63, 3.8) is 0 Å². The number of anilines is 2. The molecule has 21 heavy (non-hydrogen) atoms. The Morgan fingerprint density at radius 1 is 1.38 bits per heavy atom. The van der Waals surface area contributed by atoms with Crippen LogP contribution < -0.4 is 11.1 Å². The molecule has 1 amide bonds. The Bertz CT molecular complexity index is 536. The molecule has 3 atom stereocenters. The average Bonchev–Trinajstić information content (AvgIpc) is 3.01. The molecule has 1 heterocycles. The van der Waals surface area contributed by atoms with E-state index in [1.54, 1.807) is 18.2 Å². The maximum absolute atomic E-state index is 12.4. The van der Waals surface area contributed by atoms with Crippen LogP contribution in [0.1, 0.15) is 26.2 Å². The molecule has 3 unspecified atom stereocenters. The van der Waals surface area contributed by atoms with Crippen LogP contribution in [0.25, 0.3) is 0 Å². The van der Waals surface area contributed by atoms with Crippen molar-refractivity contribution in [3.8, 4) is 0 Å². The van der Waals surface area contributed by atoms with E-state index in [0.717, 1.165) is 24.9 Å². The number of carbonyl (C=O) groups is 1. The summed E-state index contributed by atoms with van der Waals surface area (Å²) in [6.45, 7) is 4.07. The molecule has 1 aromatic rings. The van der Waals surface area contributed by atoms with Gasteiger partial charge in [0.15, 0.2) is 0 Å². The molecule has 1 aromatic carbocycles. The standard InChI is InChI=1S/C16H22ClN3O/c1-10(20-8-11-3-2-4-12(11)9-20)16(21)19-15-6-5-13(18)7-14(15)17/h5-7,10-12H,2-4,8-9,18H2,1H3,(H,19,21). The fraction of sp³-hybridized carbons (Fsp3) is 0.562. The highest BCUT2D eigenvalue weighted by Crippen LogP contribution is 2.38. The lowest BCUT2D eigenvalue weighted by Crippen LogP contribution is -2.41. The summed E-state index contributed by atoms with van der Waals surface area (Å²) in [6, 6.07) is 5.03. The Labute approximate surface area is 130 Å². The quantitative estimate of drug-likeness (QED) is 0.844. The Hall–Kier alpha value is -1.26. The summed E-state index contributed by atoms with van der Waals surface area (Å²) in [5.74, 6) is 1.59. The molecule has 3 N–H and O–H groups in total. The van der Waals surface area contributed by atoms with Gasteiger partial charge in [-0.1, -0.05) is 18.0 Å². The normalized spacial score (nSPS) is 26.6. The van der Waals surface area contributed by atoms with Gasteiger partial charge in [0.2, 0.25) is 5.91 Å². The molecule has 114 valence electrons. The predicted octanol–water partition coefficient (Wildman–Crippen LogP) is 2.98. The second-order valence-electron chi connectivity index (χ2n) is 6.31. The summed E-state index contributed by atoms with van der Waals surface area (Å²) in [7, 11) is 0. The van der Waals surface area contributed by atoms with Crippen molar-refractivity contribution < 1.29 is 4.79 Å². The summed E-state index contributed by atoms with van der Waals surface area (Å²) >= 11 is 6.11. The fourth-order valence-electron chi connectivity index (χ4n) is 3.62. The summed E-state index contributed by atoms with van der Waals surface area (Å²) in [4.78, 5) is 14.7. The maximum Gasteiger partial charge on any atom is 0.241 e. The second-order valence-corrected chi connectivity index (χ2v) is 6.72. The van der Waals surface area contributed by atoms with Crippen molar-refractivity contribution >= 4 is 28.9 Å². The first-order valence-electron chi connectivity index (χ1n) is 7.64. The van der Waals surface area contributed by atoms with Crippen molar-refractivity contribution in [3.05, 3.63) is 23.2 Å². The number of nitrogens with zero attached hydrogens (tertiary/aromatic N) is 1. The minimum Gasteiger partial charge on any atom is -0.399 e. The number of hydrogen-bond donors (Lipinski definition) is 2. The van der Waals surface area contributed by atoms with Crippen LogP contribution in [0, 0.1) is 11.8 Å². The number of nitrogen functional groups attached to an aromatic ring is 1. The number of nitrogens with one attached hydrogen (secondary N) is 1. The fourth-order valence-corrected chi connectivity index (χ4v) is 3.86. The number of hydrogen-bond acceptors (Lipinski definition) is 3. The van der Waals surface area contributed by atoms with E-state index >= 15 is 0 Å². The van der Waals surface area contributed by atoms with Crippen molar-refractivity contribution in [1.29, 1.82) is 0 Å². The van der Waals surface area contributed by atoms with Gasteiger partial charge in [-0.3, -0.25) is 9.69 Å². The van der Waals surface area contributed by atoms with Gasteiger partial charge >= 0.3 is 0 Å². The van der Waals surface area contributed by atoms with Gasteiger partial charge < -0.3 is 11.1 Å². The molecule has 3 rings (SSSR count). The highest BCUT2D eigenvalue weighted by Gasteiger charge is 2.39. The molecule has 1 saturated heterocycles. The van der Waals surface area contributed by atoms with E-state index in [0.29, 0.717) is 16.4 Å². The SMILES string of the molecule is CC(C(=O)Nc1ccc(N)cc1Cl)N1CC2CCCC2C1. The van der Waals surface area contributed by atoms with Crippen LogP contribution in [-0.4, -0.2) is 29.9 Å².